The fourth-order valence-corrected chi connectivity index (χ4v) is 7.86. The molecular formula is C48H46N2O7. The Morgan fingerprint density at radius 3 is 2.30 bits per heavy atom. The quantitative estimate of drug-likeness (QED) is 0.0635. The SMILES string of the molecule is C=CCC(OC(C)=O)[C@@H]1[C@@H](N(Cc2cccc3ccccc23)C(=O)Cc2ccc(OC)cc2)c2cc(OCCCO)ccc2N1C(=O)c1ccc2ccccc2c1. The smallest absolute Gasteiger partial charge is 0.302 e. The number of nitrogens with zero attached hydrogens (tertiary/aromatic N) is 2. The number of methoxy groups -OCH3 is 1. The molecule has 1 unspecified atom stereocenters. The summed E-state index contributed by atoms with van der Waals surface area (Å²) in [6.45, 7) is 5.76. The van der Waals surface area contributed by atoms with Gasteiger partial charge in [0, 0.05) is 44.0 Å². The lowest BCUT2D eigenvalue weighted by atomic mass is 9.93. The highest BCUT2D eigenvalue weighted by Crippen LogP contribution is 2.48. The Labute approximate surface area is 332 Å². The Kier molecular flexibility index (Phi) is 12.0. The maximum absolute atomic E-state index is 15.2. The Morgan fingerprint density at radius 1 is 0.842 bits per heavy atom. The number of benzene rings is 6. The van der Waals surface area contributed by atoms with Crippen LogP contribution in [0.4, 0.5) is 5.69 Å². The number of fused-ring (bicyclic) bond motifs is 3. The van der Waals surface area contributed by atoms with Crippen molar-refractivity contribution in [3.8, 4) is 11.5 Å². The van der Waals surface area contributed by atoms with Crippen molar-refractivity contribution in [1.29, 1.82) is 0 Å². The van der Waals surface area contributed by atoms with E-state index in [1.54, 1.807) is 30.2 Å². The summed E-state index contributed by atoms with van der Waals surface area (Å²) in [7, 11) is 1.60. The molecule has 0 spiro atoms. The molecule has 6 aromatic rings. The van der Waals surface area contributed by atoms with E-state index in [0.717, 1.165) is 32.7 Å². The fraction of sp³-hybridized carbons (Fsp3) is 0.229. The second-order valence-electron chi connectivity index (χ2n) is 14.2. The average molecular weight is 763 g/mol. The fourth-order valence-electron chi connectivity index (χ4n) is 7.86. The molecule has 0 bridgehead atoms. The second-order valence-corrected chi connectivity index (χ2v) is 14.2. The minimum Gasteiger partial charge on any atom is -0.497 e. The number of hydrogen-bond acceptors (Lipinski definition) is 7. The summed E-state index contributed by atoms with van der Waals surface area (Å²) in [6.07, 6.45) is 1.48. The molecular weight excluding hydrogens is 717 g/mol. The molecule has 57 heavy (non-hydrogen) atoms. The van der Waals surface area contributed by atoms with E-state index in [9.17, 15) is 9.90 Å². The van der Waals surface area contributed by atoms with E-state index in [1.807, 2.05) is 120 Å². The molecule has 1 aliphatic heterocycles. The maximum atomic E-state index is 15.2. The zero-order valence-corrected chi connectivity index (χ0v) is 32.2. The number of ether oxygens (including phenoxy) is 3. The van der Waals surface area contributed by atoms with Gasteiger partial charge >= 0.3 is 5.97 Å². The highest BCUT2D eigenvalue weighted by atomic mass is 16.5. The van der Waals surface area contributed by atoms with Crippen molar-refractivity contribution in [2.75, 3.05) is 25.2 Å². The Morgan fingerprint density at radius 2 is 1.56 bits per heavy atom. The van der Waals surface area contributed by atoms with E-state index in [2.05, 4.69) is 6.58 Å². The summed E-state index contributed by atoms with van der Waals surface area (Å²) in [5, 5.41) is 13.4. The summed E-state index contributed by atoms with van der Waals surface area (Å²) in [4.78, 5) is 46.7. The molecule has 1 aliphatic rings. The molecule has 0 fully saturated rings. The number of rotatable bonds is 15. The number of carbonyl (C=O) groups excluding carboxylic acids is 3. The molecule has 0 aliphatic carbocycles. The van der Waals surface area contributed by atoms with Gasteiger partial charge < -0.3 is 24.2 Å². The highest BCUT2D eigenvalue weighted by molar-refractivity contribution is 6.10. The van der Waals surface area contributed by atoms with E-state index < -0.39 is 24.2 Å². The summed E-state index contributed by atoms with van der Waals surface area (Å²) in [5.74, 6) is 0.173. The van der Waals surface area contributed by atoms with Crippen molar-refractivity contribution in [1.82, 2.24) is 4.90 Å². The minimum absolute atomic E-state index is 0.0338. The summed E-state index contributed by atoms with van der Waals surface area (Å²) >= 11 is 0. The van der Waals surface area contributed by atoms with Crippen LogP contribution in [0.3, 0.4) is 0 Å². The number of hydrogen-bond donors (Lipinski definition) is 1. The zero-order chi connectivity index (χ0) is 39.9. The topological polar surface area (TPSA) is 106 Å². The van der Waals surface area contributed by atoms with Crippen molar-refractivity contribution < 1.29 is 33.7 Å². The van der Waals surface area contributed by atoms with Crippen LogP contribution in [0, 0.1) is 0 Å². The first kappa shape index (κ1) is 38.8. The van der Waals surface area contributed by atoms with Gasteiger partial charge in [-0.1, -0.05) is 91.0 Å². The third-order valence-corrected chi connectivity index (χ3v) is 10.5. The zero-order valence-electron chi connectivity index (χ0n) is 32.2. The normalized spacial score (nSPS) is 15.2. The Balaban J connectivity index is 1.44. The standard InChI is InChI=1S/C48H46N2O7/c1-4-11-44(57-32(2)52)47-46(49(45(53)28-33-18-22-39(55-3)23-19-33)31-38-16-9-15-35-13-7-8-17-41(35)38)42-30-40(56-27-10-26-51)24-25-43(42)50(47)48(54)37-21-20-34-12-5-6-14-36(34)29-37/h4-9,12-25,29-30,44,46-47,51H,1,10-11,26-28,31H2,2-3H3/t44?,46-,47+/m0/s1. The van der Waals surface area contributed by atoms with Gasteiger partial charge in [0.05, 0.1) is 37.9 Å². The van der Waals surface area contributed by atoms with Crippen molar-refractivity contribution in [3.05, 3.63) is 162 Å². The number of amides is 2. The third kappa shape index (κ3) is 8.39. The predicted octanol–water partition coefficient (Wildman–Crippen LogP) is 8.61. The van der Waals surface area contributed by atoms with E-state index in [4.69, 9.17) is 14.2 Å². The molecule has 0 saturated carbocycles. The molecule has 0 saturated heterocycles. The molecule has 290 valence electrons. The van der Waals surface area contributed by atoms with Crippen molar-refractivity contribution in [3.63, 3.8) is 0 Å². The van der Waals surface area contributed by atoms with Crippen LogP contribution >= 0.6 is 0 Å². The first-order valence-corrected chi connectivity index (χ1v) is 19.2. The van der Waals surface area contributed by atoms with Crippen LogP contribution in [-0.4, -0.2) is 60.3 Å². The first-order valence-electron chi connectivity index (χ1n) is 19.2. The minimum atomic E-state index is -0.885. The van der Waals surface area contributed by atoms with Gasteiger partial charge in [-0.15, -0.1) is 6.58 Å². The van der Waals surface area contributed by atoms with Crippen LogP contribution in [0.2, 0.25) is 0 Å². The van der Waals surface area contributed by atoms with Crippen LogP contribution in [0.15, 0.2) is 140 Å². The highest BCUT2D eigenvalue weighted by Gasteiger charge is 2.50. The number of aliphatic hydroxyl groups excluding tert-OH is 1. The van der Waals surface area contributed by atoms with Crippen LogP contribution in [0.5, 0.6) is 11.5 Å². The summed E-state index contributed by atoms with van der Waals surface area (Å²) in [6, 6.07) is 38.7. The second kappa shape index (κ2) is 17.6. The molecule has 0 aromatic heterocycles. The largest absolute Gasteiger partial charge is 0.497 e. The lowest BCUT2D eigenvalue weighted by Crippen LogP contribution is -2.53. The predicted molar refractivity (Wildman–Crippen MR) is 222 cm³/mol. The van der Waals surface area contributed by atoms with Gasteiger partial charge in [0.1, 0.15) is 17.6 Å². The van der Waals surface area contributed by atoms with Gasteiger partial charge in [-0.3, -0.25) is 19.3 Å². The number of carbonyl (C=O) groups is 3. The van der Waals surface area contributed by atoms with E-state index in [0.29, 0.717) is 34.7 Å². The molecule has 1 N–H and O–H groups in total. The molecule has 6 aromatic carbocycles. The Bertz CT molecular complexity index is 2400. The van der Waals surface area contributed by atoms with Crippen LogP contribution in [0.1, 0.15) is 52.9 Å². The molecule has 2 amide bonds. The number of aliphatic hydroxyl groups is 1. The van der Waals surface area contributed by atoms with Crippen LogP contribution in [-0.2, 0) is 27.3 Å². The number of esters is 1. The third-order valence-electron chi connectivity index (χ3n) is 10.5. The van der Waals surface area contributed by atoms with Crippen molar-refractivity contribution in [2.24, 2.45) is 0 Å². The Hall–Kier alpha value is -6.45. The van der Waals surface area contributed by atoms with Crippen LogP contribution in [0.25, 0.3) is 21.5 Å². The molecule has 1 heterocycles. The maximum Gasteiger partial charge on any atom is 0.302 e. The molecule has 7 rings (SSSR count). The van der Waals surface area contributed by atoms with E-state index in [1.165, 1.54) is 6.92 Å². The van der Waals surface area contributed by atoms with Crippen molar-refractivity contribution in [2.45, 2.75) is 50.9 Å². The first-order chi connectivity index (χ1) is 27.8. The lowest BCUT2D eigenvalue weighted by Gasteiger charge is -2.39. The monoisotopic (exact) mass is 762 g/mol. The van der Waals surface area contributed by atoms with Gasteiger partial charge in [-0.2, -0.15) is 0 Å². The van der Waals surface area contributed by atoms with Crippen LogP contribution < -0.4 is 14.4 Å². The summed E-state index contributed by atoms with van der Waals surface area (Å²) < 4.78 is 17.6. The molecule has 0 radical (unpaired) electrons. The molecule has 3 atom stereocenters. The molecule has 9 nitrogen and oxygen atoms in total. The summed E-state index contributed by atoms with van der Waals surface area (Å²) in [5.41, 5.74) is 3.38. The lowest BCUT2D eigenvalue weighted by molar-refractivity contribution is -0.148. The van der Waals surface area contributed by atoms with E-state index in [-0.39, 0.29) is 44.4 Å². The number of anilines is 1. The molecule has 9 heteroatoms. The van der Waals surface area contributed by atoms with E-state index >= 15 is 9.59 Å². The van der Waals surface area contributed by atoms with Gasteiger partial charge in [0.2, 0.25) is 5.91 Å². The van der Waals surface area contributed by atoms with Gasteiger partial charge in [0.25, 0.3) is 5.91 Å². The van der Waals surface area contributed by atoms with Gasteiger partial charge in [-0.25, -0.2) is 0 Å². The van der Waals surface area contributed by atoms with Gasteiger partial charge in [-0.05, 0) is 75.1 Å². The average Bonchev–Trinajstić information content (AvgIpc) is 3.56. The van der Waals surface area contributed by atoms with Crippen molar-refractivity contribution >= 4 is 45.0 Å². The van der Waals surface area contributed by atoms with Gasteiger partial charge in [0.15, 0.2) is 0 Å².